The molecule has 0 aromatic heterocycles. The number of nitrogens with one attached hydrogen (secondary N) is 1. The topological polar surface area (TPSA) is 56.8 Å². The van der Waals surface area contributed by atoms with Crippen molar-refractivity contribution in [2.24, 2.45) is 0 Å². The molecule has 1 rings (SSSR count). The van der Waals surface area contributed by atoms with Gasteiger partial charge in [-0.05, 0) is 18.6 Å². The Hall–Kier alpha value is -1.75. The first-order valence-electron chi connectivity index (χ1n) is 6.29. The summed E-state index contributed by atoms with van der Waals surface area (Å²) in [6, 6.07) is 7.45. The molecule has 0 fully saturated rings. The summed E-state index contributed by atoms with van der Waals surface area (Å²) in [5, 5.41) is 2.76. The summed E-state index contributed by atoms with van der Waals surface area (Å²) in [5.74, 6) is 1.41. The first-order chi connectivity index (χ1) is 9.27. The third kappa shape index (κ3) is 6.10. The molecule has 0 spiro atoms. The molecule has 0 saturated carbocycles. The first-order valence-corrected chi connectivity index (χ1v) is 6.29. The van der Waals surface area contributed by atoms with Crippen LogP contribution < -0.4 is 14.8 Å². The van der Waals surface area contributed by atoms with Crippen LogP contribution in [0.5, 0.6) is 11.5 Å². The second-order valence-corrected chi connectivity index (χ2v) is 3.95. The fraction of sp³-hybridized carbons (Fsp3) is 0.500. The van der Waals surface area contributed by atoms with Crippen LogP contribution in [0.2, 0.25) is 0 Å². The summed E-state index contributed by atoms with van der Waals surface area (Å²) in [4.78, 5) is 11.4. The molecule has 1 aromatic carbocycles. The lowest BCUT2D eigenvalue weighted by Gasteiger charge is -2.10. The first kappa shape index (κ1) is 15.3. The lowest BCUT2D eigenvalue weighted by atomic mass is 10.3. The van der Waals surface area contributed by atoms with Crippen LogP contribution in [-0.4, -0.2) is 39.9 Å². The molecular weight excluding hydrogens is 246 g/mol. The number of hydrogen-bond acceptors (Lipinski definition) is 4. The quantitative estimate of drug-likeness (QED) is 0.691. The molecule has 0 radical (unpaired) electrons. The van der Waals surface area contributed by atoms with Gasteiger partial charge in [-0.1, -0.05) is 12.1 Å². The Balaban J connectivity index is 2.18. The fourth-order valence-electron chi connectivity index (χ4n) is 1.53. The van der Waals surface area contributed by atoms with Crippen molar-refractivity contribution in [3.8, 4) is 11.5 Å². The van der Waals surface area contributed by atoms with E-state index in [0.717, 1.165) is 0 Å². The number of benzene rings is 1. The number of carbonyl (C=O) groups excluding carboxylic acids is 1. The van der Waals surface area contributed by atoms with Crippen LogP contribution in [0.1, 0.15) is 12.8 Å². The molecular formula is C14H21NO4. The number of methoxy groups -OCH3 is 2. The van der Waals surface area contributed by atoms with Crippen molar-refractivity contribution < 1.29 is 19.0 Å². The van der Waals surface area contributed by atoms with Gasteiger partial charge in [0.05, 0.1) is 20.3 Å². The van der Waals surface area contributed by atoms with E-state index in [-0.39, 0.29) is 5.91 Å². The third-order valence-corrected chi connectivity index (χ3v) is 2.50. The highest BCUT2D eigenvalue weighted by Gasteiger charge is 2.04. The molecule has 0 saturated heterocycles. The second-order valence-electron chi connectivity index (χ2n) is 3.95. The van der Waals surface area contributed by atoms with E-state index in [1.165, 1.54) is 0 Å². The van der Waals surface area contributed by atoms with Gasteiger partial charge in [0.25, 0.3) is 0 Å². The molecule has 0 unspecified atom stereocenters. The molecule has 5 heteroatoms. The Bertz CT molecular complexity index is 381. The maximum Gasteiger partial charge on any atom is 0.220 e. The van der Waals surface area contributed by atoms with Crippen LogP contribution in [0.25, 0.3) is 0 Å². The standard InChI is InChI=1S/C14H21NO4/c1-17-11-9-15-14(16)8-5-10-19-13-7-4-3-6-12(13)18-2/h3-4,6-7H,5,8-11H2,1-2H3,(H,15,16). The number of rotatable bonds is 9. The summed E-state index contributed by atoms with van der Waals surface area (Å²) < 4.78 is 15.6. The highest BCUT2D eigenvalue weighted by Crippen LogP contribution is 2.25. The maximum atomic E-state index is 11.4. The summed E-state index contributed by atoms with van der Waals surface area (Å²) in [6.07, 6.45) is 1.11. The Kier molecular flexibility index (Phi) is 7.43. The highest BCUT2D eigenvalue weighted by atomic mass is 16.5. The number of amides is 1. The average molecular weight is 267 g/mol. The third-order valence-electron chi connectivity index (χ3n) is 2.50. The van der Waals surface area contributed by atoms with Gasteiger partial charge in [0.15, 0.2) is 11.5 Å². The van der Waals surface area contributed by atoms with E-state index in [2.05, 4.69) is 5.32 Å². The Labute approximate surface area is 113 Å². The highest BCUT2D eigenvalue weighted by molar-refractivity contribution is 5.75. The molecule has 0 aliphatic carbocycles. The fourth-order valence-corrected chi connectivity index (χ4v) is 1.53. The van der Waals surface area contributed by atoms with Crippen molar-refractivity contribution in [3.63, 3.8) is 0 Å². The minimum absolute atomic E-state index is 0.0145. The van der Waals surface area contributed by atoms with Crippen LogP contribution in [0.4, 0.5) is 0 Å². The number of ether oxygens (including phenoxy) is 3. The van der Waals surface area contributed by atoms with E-state index in [9.17, 15) is 4.79 Å². The van der Waals surface area contributed by atoms with Crippen molar-refractivity contribution in [3.05, 3.63) is 24.3 Å². The second kappa shape index (κ2) is 9.22. The van der Waals surface area contributed by atoms with E-state index < -0.39 is 0 Å². The van der Waals surface area contributed by atoms with Crippen molar-refractivity contribution in [1.29, 1.82) is 0 Å². The summed E-state index contributed by atoms with van der Waals surface area (Å²) in [7, 11) is 3.21. The zero-order chi connectivity index (χ0) is 13.9. The molecule has 5 nitrogen and oxygen atoms in total. The summed E-state index contributed by atoms with van der Waals surface area (Å²) in [5.41, 5.74) is 0. The van der Waals surface area contributed by atoms with Gasteiger partial charge in [0, 0.05) is 20.1 Å². The minimum Gasteiger partial charge on any atom is -0.493 e. The van der Waals surface area contributed by atoms with Gasteiger partial charge < -0.3 is 19.5 Å². The molecule has 0 atom stereocenters. The van der Waals surface area contributed by atoms with Gasteiger partial charge in [-0.25, -0.2) is 0 Å². The Morgan fingerprint density at radius 2 is 1.89 bits per heavy atom. The van der Waals surface area contributed by atoms with Gasteiger partial charge in [-0.2, -0.15) is 0 Å². The van der Waals surface area contributed by atoms with Crippen LogP contribution in [-0.2, 0) is 9.53 Å². The van der Waals surface area contributed by atoms with Gasteiger partial charge in [-0.3, -0.25) is 4.79 Å². The number of hydrogen-bond donors (Lipinski definition) is 1. The molecule has 106 valence electrons. The zero-order valence-electron chi connectivity index (χ0n) is 11.5. The maximum absolute atomic E-state index is 11.4. The van der Waals surface area contributed by atoms with Crippen LogP contribution in [0.15, 0.2) is 24.3 Å². The Morgan fingerprint density at radius 1 is 1.16 bits per heavy atom. The van der Waals surface area contributed by atoms with Gasteiger partial charge in [0.2, 0.25) is 5.91 Å². The minimum atomic E-state index is 0.0145. The number of carbonyl (C=O) groups is 1. The van der Waals surface area contributed by atoms with Gasteiger partial charge in [0.1, 0.15) is 0 Å². The summed E-state index contributed by atoms with van der Waals surface area (Å²) >= 11 is 0. The molecule has 0 bridgehead atoms. The lowest BCUT2D eigenvalue weighted by molar-refractivity contribution is -0.121. The van der Waals surface area contributed by atoms with E-state index in [0.29, 0.717) is 44.1 Å². The largest absolute Gasteiger partial charge is 0.493 e. The van der Waals surface area contributed by atoms with Crippen LogP contribution >= 0.6 is 0 Å². The molecule has 1 aromatic rings. The van der Waals surface area contributed by atoms with Crippen molar-refractivity contribution in [2.75, 3.05) is 34.0 Å². The monoisotopic (exact) mass is 267 g/mol. The predicted octanol–water partition coefficient (Wildman–Crippen LogP) is 1.62. The van der Waals surface area contributed by atoms with E-state index in [4.69, 9.17) is 14.2 Å². The van der Waals surface area contributed by atoms with Crippen LogP contribution in [0.3, 0.4) is 0 Å². The molecule has 1 N–H and O–H groups in total. The molecule has 0 aliphatic rings. The average Bonchev–Trinajstić information content (AvgIpc) is 2.44. The van der Waals surface area contributed by atoms with E-state index in [1.54, 1.807) is 14.2 Å². The SMILES string of the molecule is COCCNC(=O)CCCOc1ccccc1OC. The Morgan fingerprint density at radius 3 is 2.58 bits per heavy atom. The molecule has 19 heavy (non-hydrogen) atoms. The van der Waals surface area contributed by atoms with Gasteiger partial charge in [-0.15, -0.1) is 0 Å². The van der Waals surface area contributed by atoms with E-state index >= 15 is 0 Å². The van der Waals surface area contributed by atoms with Crippen molar-refractivity contribution >= 4 is 5.91 Å². The van der Waals surface area contributed by atoms with Crippen molar-refractivity contribution in [1.82, 2.24) is 5.32 Å². The molecule has 0 heterocycles. The molecule has 0 aliphatic heterocycles. The lowest BCUT2D eigenvalue weighted by Crippen LogP contribution is -2.26. The normalized spacial score (nSPS) is 10.0. The predicted molar refractivity (Wildman–Crippen MR) is 72.6 cm³/mol. The number of para-hydroxylation sites is 2. The molecule has 1 amide bonds. The van der Waals surface area contributed by atoms with Gasteiger partial charge >= 0.3 is 0 Å². The van der Waals surface area contributed by atoms with E-state index in [1.807, 2.05) is 24.3 Å². The summed E-state index contributed by atoms with van der Waals surface area (Å²) in [6.45, 7) is 1.56. The zero-order valence-corrected chi connectivity index (χ0v) is 11.5. The smallest absolute Gasteiger partial charge is 0.220 e. The van der Waals surface area contributed by atoms with Crippen LogP contribution in [0, 0.1) is 0 Å². The van der Waals surface area contributed by atoms with Crippen molar-refractivity contribution in [2.45, 2.75) is 12.8 Å².